The first kappa shape index (κ1) is 10.7. The van der Waals surface area contributed by atoms with E-state index in [1.807, 2.05) is 0 Å². The van der Waals surface area contributed by atoms with Crippen LogP contribution in [0.15, 0.2) is 0 Å². The van der Waals surface area contributed by atoms with E-state index in [0.717, 1.165) is 0 Å². The number of esters is 1. The molecule has 0 spiro atoms. The van der Waals surface area contributed by atoms with Crippen LogP contribution in [-0.4, -0.2) is 31.8 Å². The largest absolute Gasteiger partial charge is 0.468 e. The fourth-order valence-corrected chi connectivity index (χ4v) is 0.945. The van der Waals surface area contributed by atoms with E-state index in [2.05, 4.69) is 4.74 Å². The van der Waals surface area contributed by atoms with Gasteiger partial charge < -0.3 is 15.2 Å². The predicted octanol–water partition coefficient (Wildman–Crippen LogP) is -0.301. The molecule has 5 heteroatoms. The van der Waals surface area contributed by atoms with Gasteiger partial charge in [-0.15, -0.1) is 12.4 Å². The molecule has 0 bridgehead atoms. The van der Waals surface area contributed by atoms with Gasteiger partial charge in [0.25, 0.3) is 0 Å². The maximum Gasteiger partial charge on any atom is 0.328 e. The van der Waals surface area contributed by atoms with Crippen molar-refractivity contribution >= 4 is 18.4 Å². The van der Waals surface area contributed by atoms with Crippen molar-refractivity contribution in [2.24, 2.45) is 5.73 Å². The first-order chi connectivity index (χ1) is 4.69. The average molecular weight is 182 g/mol. The number of carbonyl (C=O) groups is 1. The van der Waals surface area contributed by atoms with Crippen LogP contribution >= 0.6 is 12.4 Å². The number of halogens is 1. The topological polar surface area (TPSA) is 61.5 Å². The summed E-state index contributed by atoms with van der Waals surface area (Å²) in [5.41, 5.74) is 4.73. The van der Waals surface area contributed by atoms with Crippen LogP contribution in [0.4, 0.5) is 0 Å². The lowest BCUT2D eigenvalue weighted by Gasteiger charge is -2.17. The van der Waals surface area contributed by atoms with E-state index in [0.29, 0.717) is 13.0 Å². The molecule has 0 aromatic heterocycles. The number of ether oxygens (including phenoxy) is 2. The molecule has 0 radical (unpaired) electrons. The van der Waals surface area contributed by atoms with E-state index in [9.17, 15) is 4.79 Å². The summed E-state index contributed by atoms with van der Waals surface area (Å²) in [7, 11) is 1.33. The zero-order valence-electron chi connectivity index (χ0n) is 6.33. The number of hydrogen-bond acceptors (Lipinski definition) is 4. The lowest BCUT2D eigenvalue weighted by molar-refractivity contribution is -0.146. The summed E-state index contributed by atoms with van der Waals surface area (Å²) < 4.78 is 9.45. The molecular weight excluding hydrogens is 170 g/mol. The fourth-order valence-electron chi connectivity index (χ4n) is 0.945. The van der Waals surface area contributed by atoms with Crippen LogP contribution in [0.5, 0.6) is 0 Å². The fraction of sp³-hybridized carbons (Fsp3) is 0.833. The predicted molar refractivity (Wildman–Crippen MR) is 41.6 cm³/mol. The Kier molecular flexibility index (Phi) is 3.78. The van der Waals surface area contributed by atoms with Crippen LogP contribution < -0.4 is 5.73 Å². The molecule has 4 nitrogen and oxygen atoms in total. The van der Waals surface area contributed by atoms with Crippen LogP contribution in [0.1, 0.15) is 6.42 Å². The Morgan fingerprint density at radius 2 is 2.36 bits per heavy atom. The minimum absolute atomic E-state index is 0. The second-order valence-electron chi connectivity index (χ2n) is 2.45. The van der Waals surface area contributed by atoms with Gasteiger partial charge in [-0.25, -0.2) is 4.79 Å². The van der Waals surface area contributed by atoms with Gasteiger partial charge in [0.1, 0.15) is 5.54 Å². The molecule has 0 unspecified atom stereocenters. The van der Waals surface area contributed by atoms with E-state index in [1.54, 1.807) is 0 Å². The highest BCUT2D eigenvalue weighted by Crippen LogP contribution is 2.16. The number of carbonyl (C=O) groups excluding carboxylic acids is 1. The molecule has 1 heterocycles. The summed E-state index contributed by atoms with van der Waals surface area (Å²) in [6.45, 7) is 0.825. The molecule has 1 atom stereocenters. The lowest BCUT2D eigenvalue weighted by Crippen LogP contribution is -2.49. The number of hydrogen-bond donors (Lipinski definition) is 1. The molecule has 11 heavy (non-hydrogen) atoms. The van der Waals surface area contributed by atoms with Crippen LogP contribution in [0.2, 0.25) is 0 Å². The molecule has 0 amide bonds. The zero-order valence-corrected chi connectivity index (χ0v) is 7.15. The van der Waals surface area contributed by atoms with Crippen LogP contribution in [0, 0.1) is 0 Å². The third-order valence-electron chi connectivity index (χ3n) is 1.64. The average Bonchev–Trinajstić information content (AvgIpc) is 2.36. The van der Waals surface area contributed by atoms with E-state index in [1.165, 1.54) is 7.11 Å². The monoisotopic (exact) mass is 181 g/mol. The summed E-state index contributed by atoms with van der Waals surface area (Å²) >= 11 is 0. The second-order valence-corrected chi connectivity index (χ2v) is 2.45. The summed E-state index contributed by atoms with van der Waals surface area (Å²) in [4.78, 5) is 10.9. The third kappa shape index (κ3) is 2.05. The summed E-state index contributed by atoms with van der Waals surface area (Å²) in [6, 6.07) is 0. The summed E-state index contributed by atoms with van der Waals surface area (Å²) in [5, 5.41) is 0. The Hall–Kier alpha value is -0.320. The van der Waals surface area contributed by atoms with E-state index in [-0.39, 0.29) is 25.0 Å². The Morgan fingerprint density at radius 1 is 1.73 bits per heavy atom. The van der Waals surface area contributed by atoms with Gasteiger partial charge in [0.15, 0.2) is 0 Å². The standard InChI is InChI=1S/C6H11NO3.ClH/c1-9-5(8)6(7)2-3-10-4-6;/h2-4,7H2,1H3;1H/t6-;/m0./s1. The van der Waals surface area contributed by atoms with E-state index in [4.69, 9.17) is 10.5 Å². The van der Waals surface area contributed by atoms with Crippen molar-refractivity contribution in [2.75, 3.05) is 20.3 Å². The maximum atomic E-state index is 10.9. The molecule has 1 aliphatic heterocycles. The molecule has 0 aliphatic carbocycles. The third-order valence-corrected chi connectivity index (χ3v) is 1.64. The highest BCUT2D eigenvalue weighted by molar-refractivity contribution is 5.85. The van der Waals surface area contributed by atoms with Gasteiger partial charge in [-0.1, -0.05) is 0 Å². The van der Waals surface area contributed by atoms with Crippen LogP contribution in [0.25, 0.3) is 0 Å². The van der Waals surface area contributed by atoms with Gasteiger partial charge in [0, 0.05) is 13.0 Å². The van der Waals surface area contributed by atoms with E-state index >= 15 is 0 Å². The number of nitrogens with two attached hydrogens (primary N) is 1. The quantitative estimate of drug-likeness (QED) is 0.565. The van der Waals surface area contributed by atoms with Gasteiger partial charge in [0.2, 0.25) is 0 Å². The van der Waals surface area contributed by atoms with Gasteiger partial charge in [-0.05, 0) is 0 Å². The molecule has 0 aromatic carbocycles. The van der Waals surface area contributed by atoms with Crippen molar-refractivity contribution in [3.8, 4) is 0 Å². The second kappa shape index (κ2) is 3.90. The van der Waals surface area contributed by atoms with Gasteiger partial charge in [-0.2, -0.15) is 0 Å². The lowest BCUT2D eigenvalue weighted by atomic mass is 10.0. The van der Waals surface area contributed by atoms with Crippen molar-refractivity contribution in [3.05, 3.63) is 0 Å². The van der Waals surface area contributed by atoms with Gasteiger partial charge in [0.05, 0.1) is 13.7 Å². The zero-order chi connectivity index (χ0) is 7.61. The summed E-state index contributed by atoms with van der Waals surface area (Å²) in [6.07, 6.45) is 0.555. The molecule has 0 aromatic rings. The smallest absolute Gasteiger partial charge is 0.328 e. The minimum atomic E-state index is -0.880. The van der Waals surface area contributed by atoms with Crippen molar-refractivity contribution in [1.29, 1.82) is 0 Å². The Labute approximate surface area is 71.4 Å². The Bertz CT molecular complexity index is 145. The Balaban J connectivity index is 0.000001000. The van der Waals surface area contributed by atoms with E-state index < -0.39 is 5.54 Å². The van der Waals surface area contributed by atoms with Crippen molar-refractivity contribution < 1.29 is 14.3 Å². The number of methoxy groups -OCH3 is 1. The first-order valence-corrected chi connectivity index (χ1v) is 3.14. The summed E-state index contributed by atoms with van der Waals surface area (Å²) in [5.74, 6) is -0.384. The maximum absolute atomic E-state index is 10.9. The van der Waals surface area contributed by atoms with Crippen LogP contribution in [-0.2, 0) is 14.3 Å². The van der Waals surface area contributed by atoms with Crippen molar-refractivity contribution in [2.45, 2.75) is 12.0 Å². The molecule has 1 fully saturated rings. The first-order valence-electron chi connectivity index (χ1n) is 3.14. The van der Waals surface area contributed by atoms with Gasteiger partial charge in [-0.3, -0.25) is 0 Å². The van der Waals surface area contributed by atoms with Gasteiger partial charge >= 0.3 is 5.97 Å². The molecule has 1 saturated heterocycles. The highest BCUT2D eigenvalue weighted by atomic mass is 35.5. The molecule has 1 rings (SSSR count). The number of rotatable bonds is 1. The SMILES string of the molecule is COC(=O)[C@]1(N)CCOC1.Cl. The highest BCUT2D eigenvalue weighted by Gasteiger charge is 2.39. The normalized spacial score (nSPS) is 29.3. The molecule has 1 aliphatic rings. The Morgan fingerprint density at radius 3 is 2.73 bits per heavy atom. The van der Waals surface area contributed by atoms with Crippen molar-refractivity contribution in [3.63, 3.8) is 0 Å². The molecule has 2 N–H and O–H groups in total. The molecule has 66 valence electrons. The molecule has 0 saturated carbocycles. The van der Waals surface area contributed by atoms with Crippen LogP contribution in [0.3, 0.4) is 0 Å². The minimum Gasteiger partial charge on any atom is -0.468 e. The van der Waals surface area contributed by atoms with Crippen molar-refractivity contribution in [1.82, 2.24) is 0 Å². The molecular formula is C6H12ClNO3.